The van der Waals surface area contributed by atoms with Crippen LogP contribution in [0, 0.1) is 19.8 Å². The zero-order chi connectivity index (χ0) is 18.6. The average Bonchev–Trinajstić information content (AvgIpc) is 2.51. The Balaban J connectivity index is 1.85. The van der Waals surface area contributed by atoms with Crippen LogP contribution in [0.25, 0.3) is 0 Å². The van der Waals surface area contributed by atoms with Gasteiger partial charge in [-0.05, 0) is 50.4 Å². The third-order valence-electron chi connectivity index (χ3n) is 4.44. The van der Waals surface area contributed by atoms with Crippen LogP contribution in [0.2, 0.25) is 0 Å². The lowest BCUT2D eigenvalue weighted by atomic mass is 9.97. The van der Waals surface area contributed by atoms with Gasteiger partial charge in [-0.1, -0.05) is 12.1 Å². The molecule has 1 aliphatic rings. The fraction of sp³-hybridized carbons (Fsp3) is 0.529. The number of amides is 3. The fourth-order valence-electron chi connectivity index (χ4n) is 2.88. The topological polar surface area (TPSA) is 61.4 Å². The molecule has 0 aliphatic carbocycles. The summed E-state index contributed by atoms with van der Waals surface area (Å²) < 4.78 is 38.4. The van der Waals surface area contributed by atoms with Gasteiger partial charge in [-0.25, -0.2) is 4.79 Å². The van der Waals surface area contributed by atoms with Crippen LogP contribution in [-0.4, -0.2) is 42.6 Å². The van der Waals surface area contributed by atoms with Gasteiger partial charge >= 0.3 is 12.2 Å². The van der Waals surface area contributed by atoms with Crippen LogP contribution in [0.15, 0.2) is 18.2 Å². The molecule has 1 fully saturated rings. The van der Waals surface area contributed by atoms with E-state index in [0.29, 0.717) is 18.7 Å². The van der Waals surface area contributed by atoms with E-state index in [2.05, 4.69) is 10.6 Å². The minimum Gasteiger partial charge on any atom is -0.307 e. The van der Waals surface area contributed by atoms with Crippen molar-refractivity contribution in [1.82, 2.24) is 10.2 Å². The summed E-state index contributed by atoms with van der Waals surface area (Å²) in [5.41, 5.74) is 2.46. The molecule has 2 rings (SSSR count). The molecule has 138 valence electrons. The first-order valence-corrected chi connectivity index (χ1v) is 8.13. The number of benzene rings is 1. The third-order valence-corrected chi connectivity index (χ3v) is 4.44. The van der Waals surface area contributed by atoms with Crippen LogP contribution in [-0.2, 0) is 4.79 Å². The van der Waals surface area contributed by atoms with Gasteiger partial charge in [0.2, 0.25) is 5.91 Å². The summed E-state index contributed by atoms with van der Waals surface area (Å²) >= 11 is 0. The number of rotatable bonds is 3. The fourth-order valence-corrected chi connectivity index (χ4v) is 2.88. The van der Waals surface area contributed by atoms with Crippen LogP contribution in [0.5, 0.6) is 0 Å². The highest BCUT2D eigenvalue weighted by atomic mass is 19.4. The van der Waals surface area contributed by atoms with Crippen molar-refractivity contribution >= 4 is 17.6 Å². The summed E-state index contributed by atoms with van der Waals surface area (Å²) in [6.07, 6.45) is -3.80. The predicted molar refractivity (Wildman–Crippen MR) is 88.3 cm³/mol. The zero-order valence-corrected chi connectivity index (χ0v) is 14.2. The summed E-state index contributed by atoms with van der Waals surface area (Å²) in [5.74, 6) is -2.04. The first kappa shape index (κ1) is 19.2. The molecule has 0 saturated carbocycles. The minimum atomic E-state index is -4.25. The van der Waals surface area contributed by atoms with E-state index in [9.17, 15) is 22.8 Å². The van der Waals surface area contributed by atoms with E-state index < -0.39 is 24.0 Å². The van der Waals surface area contributed by atoms with Gasteiger partial charge < -0.3 is 5.32 Å². The molecule has 0 radical (unpaired) electrons. The number of likely N-dealkylation sites (tertiary alicyclic amines) is 1. The van der Waals surface area contributed by atoms with Crippen molar-refractivity contribution in [2.45, 2.75) is 32.9 Å². The molecule has 8 heteroatoms. The number of halogens is 3. The Labute approximate surface area is 144 Å². The number of hydrogen-bond donors (Lipinski definition) is 2. The van der Waals surface area contributed by atoms with Crippen molar-refractivity contribution in [3.63, 3.8) is 0 Å². The summed E-state index contributed by atoms with van der Waals surface area (Å²) in [5, 5.41) is 4.75. The molecule has 1 unspecified atom stereocenters. The number of hydrogen-bond acceptors (Lipinski definition) is 3. The van der Waals surface area contributed by atoms with E-state index in [1.807, 2.05) is 19.9 Å². The molecule has 25 heavy (non-hydrogen) atoms. The van der Waals surface area contributed by atoms with Crippen molar-refractivity contribution < 1.29 is 22.8 Å². The number of nitrogens with one attached hydrogen (secondary N) is 2. The summed E-state index contributed by atoms with van der Waals surface area (Å²) in [6.45, 7) is 3.72. The smallest absolute Gasteiger partial charge is 0.307 e. The molecule has 1 aromatic rings. The van der Waals surface area contributed by atoms with Crippen molar-refractivity contribution in [2.24, 2.45) is 5.92 Å². The van der Waals surface area contributed by atoms with E-state index in [4.69, 9.17) is 0 Å². The number of imide groups is 1. The SMILES string of the molecule is Cc1cccc(NC(=O)NC(=O)CN2CCCC(C(F)(F)F)C2)c1C. The highest BCUT2D eigenvalue weighted by Gasteiger charge is 2.41. The van der Waals surface area contributed by atoms with Crippen molar-refractivity contribution in [2.75, 3.05) is 25.0 Å². The first-order valence-electron chi connectivity index (χ1n) is 8.13. The normalized spacial score (nSPS) is 18.7. The molecule has 5 nitrogen and oxygen atoms in total. The van der Waals surface area contributed by atoms with Gasteiger partial charge in [0, 0.05) is 12.2 Å². The van der Waals surface area contributed by atoms with Crippen molar-refractivity contribution in [3.8, 4) is 0 Å². The second kappa shape index (κ2) is 7.86. The number of aryl methyl sites for hydroxylation is 1. The van der Waals surface area contributed by atoms with Crippen molar-refractivity contribution in [1.29, 1.82) is 0 Å². The van der Waals surface area contributed by atoms with E-state index >= 15 is 0 Å². The molecule has 0 spiro atoms. The molecule has 0 bridgehead atoms. The number of carbonyl (C=O) groups excluding carboxylic acids is 2. The number of nitrogens with zero attached hydrogens (tertiary/aromatic N) is 1. The molecule has 0 aromatic heterocycles. The Morgan fingerprint density at radius 3 is 2.68 bits per heavy atom. The quantitative estimate of drug-likeness (QED) is 0.873. The molecular weight excluding hydrogens is 335 g/mol. The maximum atomic E-state index is 12.8. The van der Waals surface area contributed by atoms with E-state index in [0.717, 1.165) is 11.1 Å². The Hall–Kier alpha value is -2.09. The second-order valence-electron chi connectivity index (χ2n) is 6.37. The van der Waals surface area contributed by atoms with E-state index in [-0.39, 0.29) is 19.5 Å². The lowest BCUT2D eigenvalue weighted by Crippen LogP contribution is -2.47. The monoisotopic (exact) mass is 357 g/mol. The lowest BCUT2D eigenvalue weighted by molar-refractivity contribution is -0.187. The highest BCUT2D eigenvalue weighted by molar-refractivity contribution is 6.02. The van der Waals surface area contributed by atoms with Gasteiger partial charge in [0.05, 0.1) is 12.5 Å². The maximum Gasteiger partial charge on any atom is 0.393 e. The standard InChI is InChI=1S/C17H22F3N3O2/c1-11-5-3-7-14(12(11)2)21-16(25)22-15(24)10-23-8-4-6-13(9-23)17(18,19)20/h3,5,7,13H,4,6,8-10H2,1-2H3,(H2,21,22,24,25). The van der Waals surface area contributed by atoms with Crippen LogP contribution in [0.1, 0.15) is 24.0 Å². The zero-order valence-electron chi connectivity index (χ0n) is 14.2. The Bertz CT molecular complexity index is 647. The maximum absolute atomic E-state index is 12.8. The van der Waals surface area contributed by atoms with Gasteiger partial charge in [-0.2, -0.15) is 13.2 Å². The number of carbonyl (C=O) groups is 2. The lowest BCUT2D eigenvalue weighted by Gasteiger charge is -2.33. The van der Waals surface area contributed by atoms with Gasteiger partial charge in [-0.3, -0.25) is 15.0 Å². The largest absolute Gasteiger partial charge is 0.393 e. The van der Waals surface area contributed by atoms with E-state index in [1.54, 1.807) is 12.1 Å². The Kier molecular flexibility index (Phi) is 6.05. The number of anilines is 1. The van der Waals surface area contributed by atoms with Gasteiger partial charge in [0.15, 0.2) is 0 Å². The number of piperidine rings is 1. The molecular formula is C17H22F3N3O2. The molecule has 1 heterocycles. The van der Waals surface area contributed by atoms with E-state index in [1.165, 1.54) is 4.90 Å². The number of alkyl halides is 3. The first-order chi connectivity index (χ1) is 11.7. The van der Waals surface area contributed by atoms with Crippen LogP contribution in [0.4, 0.5) is 23.7 Å². The molecule has 2 N–H and O–H groups in total. The summed E-state index contributed by atoms with van der Waals surface area (Å²) in [7, 11) is 0. The Morgan fingerprint density at radius 1 is 1.28 bits per heavy atom. The summed E-state index contributed by atoms with van der Waals surface area (Å²) in [4.78, 5) is 25.3. The van der Waals surface area contributed by atoms with Crippen LogP contribution < -0.4 is 10.6 Å². The Morgan fingerprint density at radius 2 is 2.00 bits per heavy atom. The van der Waals surface area contributed by atoms with Crippen LogP contribution in [0.3, 0.4) is 0 Å². The number of urea groups is 1. The minimum absolute atomic E-state index is 0.0781. The molecule has 1 aliphatic heterocycles. The predicted octanol–water partition coefficient (Wildman–Crippen LogP) is 3.23. The highest BCUT2D eigenvalue weighted by Crippen LogP contribution is 2.32. The summed E-state index contributed by atoms with van der Waals surface area (Å²) in [6, 6.07) is 4.70. The molecule has 1 saturated heterocycles. The van der Waals surface area contributed by atoms with Gasteiger partial charge in [0.25, 0.3) is 0 Å². The van der Waals surface area contributed by atoms with Crippen molar-refractivity contribution in [3.05, 3.63) is 29.3 Å². The molecule has 3 amide bonds. The van der Waals surface area contributed by atoms with Gasteiger partial charge in [0.1, 0.15) is 0 Å². The molecule has 1 atom stereocenters. The van der Waals surface area contributed by atoms with Gasteiger partial charge in [-0.15, -0.1) is 0 Å². The third kappa shape index (κ3) is 5.45. The van der Waals surface area contributed by atoms with Crippen LogP contribution >= 0.6 is 0 Å². The molecule has 1 aromatic carbocycles. The average molecular weight is 357 g/mol. The second-order valence-corrected chi connectivity index (χ2v) is 6.37.